The largest absolute Gasteiger partial charge is 0.477 e. The monoisotopic (exact) mass is 287 g/mol. The highest BCUT2D eigenvalue weighted by Crippen LogP contribution is 2.51. The minimum atomic E-state index is -1.09. The average Bonchev–Trinajstić information content (AvgIpc) is 3.07. The zero-order valence-corrected chi connectivity index (χ0v) is 12.4. The Kier molecular flexibility index (Phi) is 4.46. The predicted octanol–water partition coefficient (Wildman–Crippen LogP) is 2.75. The van der Waals surface area contributed by atoms with Crippen LogP contribution in [0.15, 0.2) is 42.1 Å². The van der Waals surface area contributed by atoms with E-state index in [1.54, 1.807) is 6.08 Å². The minimum Gasteiger partial charge on any atom is -0.477 e. The molecule has 2 rings (SSSR count). The second-order valence-corrected chi connectivity index (χ2v) is 6.18. The number of carbonyl (C=O) groups is 2. The van der Waals surface area contributed by atoms with Gasteiger partial charge in [0.15, 0.2) is 0 Å². The second-order valence-electron chi connectivity index (χ2n) is 6.18. The van der Waals surface area contributed by atoms with Gasteiger partial charge in [0.05, 0.1) is 0 Å². The van der Waals surface area contributed by atoms with E-state index in [0.29, 0.717) is 6.42 Å². The summed E-state index contributed by atoms with van der Waals surface area (Å²) in [5, 5.41) is 11.7. The van der Waals surface area contributed by atoms with Gasteiger partial charge in [-0.25, -0.2) is 4.79 Å². The summed E-state index contributed by atoms with van der Waals surface area (Å²) in [4.78, 5) is 23.2. The summed E-state index contributed by atoms with van der Waals surface area (Å²) in [6.45, 7) is 4.02. The van der Waals surface area contributed by atoms with Crippen LogP contribution in [0.25, 0.3) is 0 Å². The van der Waals surface area contributed by atoms with Crippen molar-refractivity contribution in [1.29, 1.82) is 0 Å². The lowest BCUT2D eigenvalue weighted by Gasteiger charge is -2.07. The number of carboxylic acid groups (broad SMARTS) is 1. The van der Waals surface area contributed by atoms with Gasteiger partial charge in [0.25, 0.3) is 0 Å². The third-order valence-electron chi connectivity index (χ3n) is 3.94. The van der Waals surface area contributed by atoms with E-state index < -0.39 is 5.97 Å². The molecular formula is C17H21NO3. The Labute approximate surface area is 124 Å². The summed E-state index contributed by atoms with van der Waals surface area (Å²) >= 11 is 0. The summed E-state index contributed by atoms with van der Waals surface area (Å²) in [6.07, 6.45) is 3.74. The van der Waals surface area contributed by atoms with Crippen LogP contribution in [0.1, 0.15) is 32.3 Å². The molecule has 21 heavy (non-hydrogen) atoms. The molecule has 0 spiro atoms. The van der Waals surface area contributed by atoms with E-state index in [1.807, 2.05) is 44.2 Å². The van der Waals surface area contributed by atoms with Crippen molar-refractivity contribution in [3.05, 3.63) is 47.7 Å². The maximum Gasteiger partial charge on any atom is 0.352 e. The van der Waals surface area contributed by atoms with Gasteiger partial charge in [-0.15, -0.1) is 0 Å². The molecule has 1 unspecified atom stereocenters. The summed E-state index contributed by atoms with van der Waals surface area (Å²) in [7, 11) is 0. The molecule has 0 saturated heterocycles. The molecule has 1 saturated carbocycles. The zero-order chi connectivity index (χ0) is 15.5. The number of rotatable bonds is 6. The molecule has 1 aliphatic carbocycles. The number of allylic oxidation sites excluding steroid dienone is 1. The predicted molar refractivity (Wildman–Crippen MR) is 80.5 cm³/mol. The van der Waals surface area contributed by atoms with Gasteiger partial charge < -0.3 is 10.4 Å². The van der Waals surface area contributed by atoms with Crippen molar-refractivity contribution in [2.75, 3.05) is 0 Å². The van der Waals surface area contributed by atoms with Crippen LogP contribution in [0.3, 0.4) is 0 Å². The second kappa shape index (κ2) is 6.12. The van der Waals surface area contributed by atoms with Gasteiger partial charge in [0, 0.05) is 5.92 Å². The normalized spacial score (nSPS) is 19.9. The first-order valence-electron chi connectivity index (χ1n) is 7.18. The molecule has 2 N–H and O–H groups in total. The van der Waals surface area contributed by atoms with E-state index in [1.165, 1.54) is 0 Å². The first kappa shape index (κ1) is 15.3. The number of hydrogen-bond donors (Lipinski definition) is 2. The molecule has 0 bridgehead atoms. The first-order valence-corrected chi connectivity index (χ1v) is 7.18. The lowest BCUT2D eigenvalue weighted by Crippen LogP contribution is -2.29. The molecular weight excluding hydrogens is 266 g/mol. The topological polar surface area (TPSA) is 66.4 Å². The van der Waals surface area contributed by atoms with Crippen LogP contribution < -0.4 is 5.32 Å². The molecule has 0 heterocycles. The fraction of sp³-hybridized carbons (Fsp3) is 0.412. The maximum absolute atomic E-state index is 12.0. The first-order chi connectivity index (χ1) is 9.90. The van der Waals surface area contributed by atoms with Crippen LogP contribution in [0.2, 0.25) is 0 Å². The lowest BCUT2D eigenvalue weighted by molar-refractivity contribution is -0.135. The standard InChI is InChI=1S/C17H21NO3/c1-17(2)11-13(17)15(19)18-14(16(20)21)10-6-9-12-7-4-3-5-8-12/h3-5,7-8,10,13H,6,9,11H2,1-2H3,(H,18,19)(H,20,21)/b14-10-. The van der Waals surface area contributed by atoms with E-state index in [-0.39, 0.29) is 22.9 Å². The highest BCUT2D eigenvalue weighted by molar-refractivity contribution is 5.94. The van der Waals surface area contributed by atoms with Gasteiger partial charge in [-0.3, -0.25) is 4.79 Å². The van der Waals surface area contributed by atoms with Crippen molar-refractivity contribution in [2.24, 2.45) is 11.3 Å². The molecule has 0 radical (unpaired) electrons. The van der Waals surface area contributed by atoms with Crippen molar-refractivity contribution in [2.45, 2.75) is 33.1 Å². The Bertz CT molecular complexity index is 561. The van der Waals surface area contributed by atoms with Crippen LogP contribution in [-0.4, -0.2) is 17.0 Å². The van der Waals surface area contributed by atoms with Gasteiger partial charge in [-0.2, -0.15) is 0 Å². The van der Waals surface area contributed by atoms with Gasteiger partial charge >= 0.3 is 5.97 Å². The molecule has 1 amide bonds. The van der Waals surface area contributed by atoms with Crippen molar-refractivity contribution in [1.82, 2.24) is 5.32 Å². The van der Waals surface area contributed by atoms with E-state index in [0.717, 1.165) is 18.4 Å². The number of aliphatic carboxylic acids is 1. The number of benzene rings is 1. The van der Waals surface area contributed by atoms with E-state index in [4.69, 9.17) is 5.11 Å². The summed E-state index contributed by atoms with van der Waals surface area (Å²) in [5.41, 5.74) is 1.13. The van der Waals surface area contributed by atoms with Gasteiger partial charge in [-0.05, 0) is 30.2 Å². The fourth-order valence-electron chi connectivity index (χ4n) is 2.35. The smallest absolute Gasteiger partial charge is 0.352 e. The Hall–Kier alpha value is -2.10. The zero-order valence-electron chi connectivity index (χ0n) is 12.4. The SMILES string of the molecule is CC1(C)CC1C(=O)N/C(=C\CCc1ccccc1)C(=O)O. The minimum absolute atomic E-state index is 0.00225. The molecule has 4 heteroatoms. The molecule has 4 nitrogen and oxygen atoms in total. The quantitative estimate of drug-likeness (QED) is 0.791. The van der Waals surface area contributed by atoms with Crippen LogP contribution >= 0.6 is 0 Å². The summed E-state index contributed by atoms with van der Waals surface area (Å²) in [5.74, 6) is -1.35. The molecule has 1 atom stereocenters. The van der Waals surface area contributed by atoms with Crippen molar-refractivity contribution in [3.63, 3.8) is 0 Å². The van der Waals surface area contributed by atoms with Crippen molar-refractivity contribution < 1.29 is 14.7 Å². The lowest BCUT2D eigenvalue weighted by atomic mass is 10.1. The number of carbonyl (C=O) groups excluding carboxylic acids is 1. The highest BCUT2D eigenvalue weighted by atomic mass is 16.4. The highest BCUT2D eigenvalue weighted by Gasteiger charge is 2.50. The Morgan fingerprint density at radius 1 is 1.33 bits per heavy atom. The molecule has 112 valence electrons. The fourth-order valence-corrected chi connectivity index (χ4v) is 2.35. The average molecular weight is 287 g/mol. The molecule has 0 aromatic heterocycles. The number of nitrogens with one attached hydrogen (secondary N) is 1. The van der Waals surface area contributed by atoms with Gasteiger partial charge in [0.1, 0.15) is 5.70 Å². The number of amides is 1. The van der Waals surface area contributed by atoms with Crippen LogP contribution in [0.5, 0.6) is 0 Å². The summed E-state index contributed by atoms with van der Waals surface area (Å²) < 4.78 is 0. The molecule has 1 aromatic rings. The van der Waals surface area contributed by atoms with Crippen LogP contribution in [0, 0.1) is 11.3 Å². The van der Waals surface area contributed by atoms with E-state index in [9.17, 15) is 9.59 Å². The van der Waals surface area contributed by atoms with Gasteiger partial charge in [-0.1, -0.05) is 50.3 Å². The third-order valence-corrected chi connectivity index (χ3v) is 3.94. The van der Waals surface area contributed by atoms with E-state index in [2.05, 4.69) is 5.32 Å². The maximum atomic E-state index is 12.0. The third kappa shape index (κ3) is 4.18. The van der Waals surface area contributed by atoms with E-state index >= 15 is 0 Å². The number of carboxylic acids is 1. The Morgan fingerprint density at radius 2 is 1.95 bits per heavy atom. The van der Waals surface area contributed by atoms with Crippen molar-refractivity contribution in [3.8, 4) is 0 Å². The Balaban J connectivity index is 1.91. The molecule has 1 fully saturated rings. The van der Waals surface area contributed by atoms with Crippen LogP contribution in [0.4, 0.5) is 0 Å². The Morgan fingerprint density at radius 3 is 2.48 bits per heavy atom. The number of hydrogen-bond acceptors (Lipinski definition) is 2. The summed E-state index contributed by atoms with van der Waals surface area (Å²) in [6, 6.07) is 9.85. The molecule has 1 aromatic carbocycles. The number of aryl methyl sites for hydroxylation is 1. The van der Waals surface area contributed by atoms with Crippen LogP contribution in [-0.2, 0) is 16.0 Å². The molecule has 0 aliphatic heterocycles. The van der Waals surface area contributed by atoms with Gasteiger partial charge in [0.2, 0.25) is 5.91 Å². The van der Waals surface area contributed by atoms with Crippen molar-refractivity contribution >= 4 is 11.9 Å². The molecule has 1 aliphatic rings.